The van der Waals surface area contributed by atoms with Crippen LogP contribution in [-0.2, 0) is 4.74 Å². The second-order valence-electron chi connectivity index (χ2n) is 4.32. The van der Waals surface area contributed by atoms with E-state index in [-0.39, 0.29) is 12.7 Å². The lowest BCUT2D eigenvalue weighted by Gasteiger charge is -2.16. The van der Waals surface area contributed by atoms with Crippen LogP contribution in [0.15, 0.2) is 24.3 Å². The number of halogens is 1. The van der Waals surface area contributed by atoms with Gasteiger partial charge in [0.15, 0.2) is 0 Å². The zero-order valence-corrected chi connectivity index (χ0v) is 12.2. The third-order valence-corrected chi connectivity index (χ3v) is 2.84. The molecule has 0 heterocycles. The van der Waals surface area contributed by atoms with E-state index in [9.17, 15) is 5.11 Å². The summed E-state index contributed by atoms with van der Waals surface area (Å²) < 4.78 is 10.8. The normalized spacial score (nSPS) is 14.1. The highest BCUT2D eigenvalue weighted by Crippen LogP contribution is 2.22. The molecule has 0 aromatic heterocycles. The monoisotopic (exact) mass is 287 g/mol. The van der Waals surface area contributed by atoms with Crippen LogP contribution in [0.25, 0.3) is 0 Å². The topological polar surface area (TPSA) is 50.7 Å². The van der Waals surface area contributed by atoms with E-state index in [0.717, 1.165) is 0 Å². The number of rotatable bonds is 9. The highest BCUT2D eigenvalue weighted by atomic mass is 35.5. The molecular weight excluding hydrogens is 266 g/mol. The van der Waals surface area contributed by atoms with Crippen LogP contribution in [0.5, 0.6) is 5.75 Å². The van der Waals surface area contributed by atoms with Crippen LogP contribution in [0.3, 0.4) is 0 Å². The number of hydrogen-bond acceptors (Lipinski definition) is 4. The largest absolute Gasteiger partial charge is 0.489 e. The molecule has 0 aliphatic rings. The van der Waals surface area contributed by atoms with E-state index in [0.29, 0.717) is 30.5 Å². The fourth-order valence-corrected chi connectivity index (χ4v) is 1.79. The number of para-hydroxylation sites is 1. The lowest BCUT2D eigenvalue weighted by Crippen LogP contribution is -2.35. The van der Waals surface area contributed by atoms with Crippen molar-refractivity contribution in [2.24, 2.45) is 0 Å². The predicted molar refractivity (Wildman–Crippen MR) is 76.9 cm³/mol. The summed E-state index contributed by atoms with van der Waals surface area (Å²) in [5, 5.41) is 13.5. The number of benzene rings is 1. The summed E-state index contributed by atoms with van der Waals surface area (Å²) in [7, 11) is 0. The number of aliphatic hydroxyl groups excluding tert-OH is 1. The Hall–Kier alpha value is -0.810. The predicted octanol–water partition coefficient (Wildman–Crippen LogP) is 2.09. The van der Waals surface area contributed by atoms with Crippen LogP contribution < -0.4 is 10.1 Å². The third-order valence-electron chi connectivity index (χ3n) is 2.53. The van der Waals surface area contributed by atoms with Crippen LogP contribution in [0.1, 0.15) is 13.8 Å². The van der Waals surface area contributed by atoms with Crippen LogP contribution in [0, 0.1) is 0 Å². The molecule has 0 radical (unpaired) electrons. The van der Waals surface area contributed by atoms with Crippen molar-refractivity contribution in [2.75, 3.05) is 26.3 Å². The van der Waals surface area contributed by atoms with Gasteiger partial charge in [-0.25, -0.2) is 0 Å². The van der Waals surface area contributed by atoms with Gasteiger partial charge in [-0.05, 0) is 26.0 Å². The van der Waals surface area contributed by atoms with E-state index < -0.39 is 6.10 Å². The molecule has 1 rings (SSSR count). The molecule has 0 aliphatic carbocycles. The molecule has 2 atom stereocenters. The minimum atomic E-state index is -0.579. The van der Waals surface area contributed by atoms with E-state index in [1.807, 2.05) is 26.0 Å². The third kappa shape index (κ3) is 6.78. The number of ether oxygens (including phenoxy) is 2. The molecule has 5 heteroatoms. The SMILES string of the molecule is CCOC(C)CNCC(O)COc1ccccc1Cl. The van der Waals surface area contributed by atoms with Crippen LogP contribution in [-0.4, -0.2) is 43.6 Å². The summed E-state index contributed by atoms with van der Waals surface area (Å²) in [4.78, 5) is 0. The van der Waals surface area contributed by atoms with Gasteiger partial charge in [0, 0.05) is 19.7 Å². The summed E-state index contributed by atoms with van der Waals surface area (Å²) in [6.07, 6.45) is -0.438. The second-order valence-corrected chi connectivity index (χ2v) is 4.73. The van der Waals surface area contributed by atoms with Gasteiger partial charge in [-0.1, -0.05) is 23.7 Å². The Morgan fingerprint density at radius 3 is 2.74 bits per heavy atom. The molecule has 108 valence electrons. The van der Waals surface area contributed by atoms with Crippen molar-refractivity contribution in [1.29, 1.82) is 0 Å². The Morgan fingerprint density at radius 1 is 1.32 bits per heavy atom. The van der Waals surface area contributed by atoms with Gasteiger partial charge in [-0.3, -0.25) is 0 Å². The summed E-state index contributed by atoms with van der Waals surface area (Å²) in [5.74, 6) is 0.589. The molecule has 19 heavy (non-hydrogen) atoms. The first-order valence-corrected chi connectivity index (χ1v) is 6.89. The fourth-order valence-electron chi connectivity index (χ4n) is 1.60. The van der Waals surface area contributed by atoms with E-state index in [1.165, 1.54) is 0 Å². The first-order chi connectivity index (χ1) is 9.13. The molecule has 0 saturated carbocycles. The molecule has 4 nitrogen and oxygen atoms in total. The maximum atomic E-state index is 9.77. The Morgan fingerprint density at radius 2 is 2.05 bits per heavy atom. The number of hydrogen-bond donors (Lipinski definition) is 2. The lowest BCUT2D eigenvalue weighted by atomic mass is 10.3. The van der Waals surface area contributed by atoms with E-state index in [1.54, 1.807) is 12.1 Å². The molecule has 2 unspecified atom stereocenters. The van der Waals surface area contributed by atoms with Crippen molar-refractivity contribution in [3.05, 3.63) is 29.3 Å². The minimum Gasteiger partial charge on any atom is -0.489 e. The molecule has 0 saturated heterocycles. The fraction of sp³-hybridized carbons (Fsp3) is 0.571. The maximum Gasteiger partial charge on any atom is 0.138 e. The number of nitrogens with one attached hydrogen (secondary N) is 1. The Kier molecular flexibility index (Phi) is 7.82. The van der Waals surface area contributed by atoms with E-state index in [2.05, 4.69) is 5.32 Å². The van der Waals surface area contributed by atoms with Crippen molar-refractivity contribution >= 4 is 11.6 Å². The van der Waals surface area contributed by atoms with E-state index >= 15 is 0 Å². The van der Waals surface area contributed by atoms with Gasteiger partial charge in [0.05, 0.1) is 11.1 Å². The first-order valence-electron chi connectivity index (χ1n) is 6.51. The molecule has 1 aromatic carbocycles. The molecule has 0 bridgehead atoms. The van der Waals surface area contributed by atoms with Gasteiger partial charge in [-0.2, -0.15) is 0 Å². The average Bonchev–Trinajstić information content (AvgIpc) is 2.38. The Bertz CT molecular complexity index is 362. The van der Waals surface area contributed by atoms with Gasteiger partial charge in [0.25, 0.3) is 0 Å². The van der Waals surface area contributed by atoms with Crippen molar-refractivity contribution in [1.82, 2.24) is 5.32 Å². The smallest absolute Gasteiger partial charge is 0.138 e. The molecule has 0 aliphatic heterocycles. The Labute approximate surface area is 119 Å². The van der Waals surface area contributed by atoms with Crippen LogP contribution >= 0.6 is 11.6 Å². The average molecular weight is 288 g/mol. The molecule has 2 N–H and O–H groups in total. The van der Waals surface area contributed by atoms with E-state index in [4.69, 9.17) is 21.1 Å². The molecule has 0 spiro atoms. The quantitative estimate of drug-likeness (QED) is 0.730. The van der Waals surface area contributed by atoms with Crippen LogP contribution in [0.4, 0.5) is 0 Å². The van der Waals surface area contributed by atoms with Gasteiger partial charge in [0.2, 0.25) is 0 Å². The zero-order valence-electron chi connectivity index (χ0n) is 11.4. The maximum absolute atomic E-state index is 9.77. The van der Waals surface area contributed by atoms with Gasteiger partial charge < -0.3 is 19.9 Å². The first kappa shape index (κ1) is 16.2. The summed E-state index contributed by atoms with van der Waals surface area (Å²) >= 11 is 5.95. The molecular formula is C14H22ClNO3. The van der Waals surface area contributed by atoms with Gasteiger partial charge >= 0.3 is 0 Å². The standard InChI is InChI=1S/C14H22ClNO3/c1-3-18-11(2)8-16-9-12(17)10-19-14-7-5-4-6-13(14)15/h4-7,11-12,16-17H,3,8-10H2,1-2H3. The van der Waals surface area contributed by atoms with Crippen LogP contribution in [0.2, 0.25) is 5.02 Å². The zero-order chi connectivity index (χ0) is 14.1. The lowest BCUT2D eigenvalue weighted by molar-refractivity contribution is 0.0672. The van der Waals surface area contributed by atoms with Gasteiger partial charge in [-0.15, -0.1) is 0 Å². The molecule has 1 aromatic rings. The van der Waals surface area contributed by atoms with Crippen molar-refractivity contribution in [3.63, 3.8) is 0 Å². The van der Waals surface area contributed by atoms with Crippen molar-refractivity contribution in [2.45, 2.75) is 26.1 Å². The highest BCUT2D eigenvalue weighted by molar-refractivity contribution is 6.32. The summed E-state index contributed by atoms with van der Waals surface area (Å²) in [5.41, 5.74) is 0. The minimum absolute atomic E-state index is 0.140. The second kappa shape index (κ2) is 9.15. The van der Waals surface area contributed by atoms with Crippen molar-refractivity contribution in [3.8, 4) is 5.75 Å². The van der Waals surface area contributed by atoms with Crippen molar-refractivity contribution < 1.29 is 14.6 Å². The Balaban J connectivity index is 2.18. The summed E-state index contributed by atoms with van der Waals surface area (Å²) in [6.45, 7) is 6.02. The van der Waals surface area contributed by atoms with Gasteiger partial charge in [0.1, 0.15) is 18.5 Å². The molecule has 0 fully saturated rings. The molecule has 0 amide bonds. The number of aliphatic hydroxyl groups is 1. The summed E-state index contributed by atoms with van der Waals surface area (Å²) in [6, 6.07) is 7.21. The highest BCUT2D eigenvalue weighted by Gasteiger charge is 2.08.